The second-order valence-electron chi connectivity index (χ2n) is 8.78. The predicted octanol–water partition coefficient (Wildman–Crippen LogP) is 6.30. The minimum absolute atomic E-state index is 0.714. The second-order valence-corrected chi connectivity index (χ2v) is 9.21. The molecule has 3 unspecified atom stereocenters. The van der Waals surface area contributed by atoms with Gasteiger partial charge < -0.3 is 0 Å². The van der Waals surface area contributed by atoms with E-state index in [1.165, 1.54) is 48.8 Å². The van der Waals surface area contributed by atoms with Gasteiger partial charge in [0.05, 0.1) is 0 Å². The maximum Gasteiger partial charge on any atom is 0.0408 e. The van der Waals surface area contributed by atoms with E-state index in [1.54, 1.807) is 11.1 Å². The van der Waals surface area contributed by atoms with Gasteiger partial charge in [-0.05, 0) is 95.7 Å². The fraction of sp³-hybridized carbons (Fsp3) is 0.500. The summed E-state index contributed by atoms with van der Waals surface area (Å²) in [6.45, 7) is 7.16. The fourth-order valence-electron chi connectivity index (χ4n) is 4.87. The molecule has 0 aliphatic heterocycles. The molecule has 0 saturated heterocycles. The van der Waals surface area contributed by atoms with E-state index < -0.39 is 0 Å². The van der Waals surface area contributed by atoms with Gasteiger partial charge in [-0.2, -0.15) is 0 Å². The molecule has 0 amide bonds. The Bertz CT molecular complexity index is 774. The number of hydrogen-bond donors (Lipinski definition) is 0. The molecule has 2 aliphatic carbocycles. The molecule has 0 N–H and O–H groups in total. The largest absolute Gasteiger partial charge is 0.0843 e. The zero-order valence-corrected chi connectivity index (χ0v) is 16.4. The van der Waals surface area contributed by atoms with Crippen molar-refractivity contribution in [1.82, 2.24) is 0 Å². The van der Waals surface area contributed by atoms with Crippen LogP contribution < -0.4 is 0 Å². The van der Waals surface area contributed by atoms with Crippen molar-refractivity contribution < 1.29 is 0 Å². The molecule has 0 radical (unpaired) electrons. The van der Waals surface area contributed by atoms with Gasteiger partial charge in [-0.1, -0.05) is 56.6 Å². The Labute approximate surface area is 157 Å². The maximum absolute atomic E-state index is 6.17. The summed E-state index contributed by atoms with van der Waals surface area (Å²) in [7, 11) is 0. The molecule has 0 heterocycles. The van der Waals surface area contributed by atoms with Gasteiger partial charge in [0.1, 0.15) is 0 Å². The van der Waals surface area contributed by atoms with Crippen molar-refractivity contribution in [3.05, 3.63) is 69.2 Å². The molecule has 0 spiro atoms. The molecule has 0 bridgehead atoms. The van der Waals surface area contributed by atoms with Gasteiger partial charge in [-0.3, -0.25) is 0 Å². The third-order valence-electron chi connectivity index (χ3n) is 6.67. The summed E-state index contributed by atoms with van der Waals surface area (Å²) in [5, 5.41) is 0.880. The zero-order chi connectivity index (χ0) is 17.6. The fourth-order valence-corrected chi connectivity index (χ4v) is 5.06. The van der Waals surface area contributed by atoms with Crippen molar-refractivity contribution in [2.24, 2.45) is 23.7 Å². The summed E-state index contributed by atoms with van der Waals surface area (Å²) in [5.41, 5.74) is 7.72. The molecule has 2 aromatic rings. The Hall–Kier alpha value is -1.27. The summed E-state index contributed by atoms with van der Waals surface area (Å²) in [5.74, 6) is 3.10. The number of halogens is 1. The molecule has 0 fully saturated rings. The van der Waals surface area contributed by atoms with Gasteiger partial charge >= 0.3 is 0 Å². The van der Waals surface area contributed by atoms with E-state index in [4.69, 9.17) is 11.6 Å². The lowest BCUT2D eigenvalue weighted by Gasteiger charge is -2.19. The first-order valence-electron chi connectivity index (χ1n) is 9.87. The van der Waals surface area contributed by atoms with Crippen molar-refractivity contribution in [3.8, 4) is 0 Å². The van der Waals surface area contributed by atoms with Crippen LogP contribution in [0.4, 0.5) is 0 Å². The van der Waals surface area contributed by atoms with Gasteiger partial charge in [0, 0.05) is 5.02 Å². The summed E-state index contributed by atoms with van der Waals surface area (Å²) in [6, 6.07) is 13.7. The lowest BCUT2D eigenvalue weighted by molar-refractivity contribution is 0.371. The number of rotatable bonds is 4. The first-order chi connectivity index (χ1) is 12.0. The Morgan fingerprint density at radius 2 is 1.40 bits per heavy atom. The van der Waals surface area contributed by atoms with Crippen LogP contribution in [0.25, 0.3) is 0 Å². The van der Waals surface area contributed by atoms with Crippen LogP contribution in [0.1, 0.15) is 48.6 Å². The Balaban J connectivity index is 1.43. The smallest absolute Gasteiger partial charge is 0.0408 e. The standard InChI is InChI=1S/C24H29Cl/c1-15(2)20-10-18-5-4-17(9-22(18)12-20)8-16(3)21-11-19-6-7-24(25)14-23(19)13-21/h4-7,9,14-16,20-21H,8,10-13H2,1-3H3. The molecule has 0 aromatic heterocycles. The Morgan fingerprint density at radius 1 is 0.800 bits per heavy atom. The molecule has 132 valence electrons. The molecular formula is C24H29Cl. The zero-order valence-electron chi connectivity index (χ0n) is 15.7. The first kappa shape index (κ1) is 17.2. The van der Waals surface area contributed by atoms with Crippen LogP contribution in [0, 0.1) is 23.7 Å². The van der Waals surface area contributed by atoms with Gasteiger partial charge in [0.25, 0.3) is 0 Å². The lowest BCUT2D eigenvalue weighted by Crippen LogP contribution is -2.14. The van der Waals surface area contributed by atoms with E-state index in [2.05, 4.69) is 51.1 Å². The number of benzene rings is 2. The van der Waals surface area contributed by atoms with Gasteiger partial charge in [0.15, 0.2) is 0 Å². The van der Waals surface area contributed by atoms with E-state index >= 15 is 0 Å². The van der Waals surface area contributed by atoms with E-state index in [0.717, 1.165) is 22.8 Å². The highest BCUT2D eigenvalue weighted by atomic mass is 35.5. The van der Waals surface area contributed by atoms with E-state index in [1.807, 2.05) is 6.07 Å². The van der Waals surface area contributed by atoms with Crippen molar-refractivity contribution in [2.75, 3.05) is 0 Å². The third-order valence-corrected chi connectivity index (χ3v) is 6.91. The minimum Gasteiger partial charge on any atom is -0.0843 e. The van der Waals surface area contributed by atoms with Gasteiger partial charge in [-0.15, -0.1) is 0 Å². The van der Waals surface area contributed by atoms with E-state index in [-0.39, 0.29) is 0 Å². The third kappa shape index (κ3) is 3.51. The lowest BCUT2D eigenvalue weighted by atomic mass is 9.86. The van der Waals surface area contributed by atoms with Crippen LogP contribution in [0.3, 0.4) is 0 Å². The molecule has 4 rings (SSSR count). The van der Waals surface area contributed by atoms with Crippen molar-refractivity contribution >= 4 is 11.6 Å². The van der Waals surface area contributed by atoms with Crippen LogP contribution in [0.5, 0.6) is 0 Å². The minimum atomic E-state index is 0.714. The van der Waals surface area contributed by atoms with E-state index in [0.29, 0.717) is 5.92 Å². The molecule has 0 saturated carbocycles. The average molecular weight is 353 g/mol. The van der Waals surface area contributed by atoms with Crippen LogP contribution in [0.15, 0.2) is 36.4 Å². The molecule has 0 nitrogen and oxygen atoms in total. The number of hydrogen-bond acceptors (Lipinski definition) is 0. The van der Waals surface area contributed by atoms with Crippen molar-refractivity contribution in [3.63, 3.8) is 0 Å². The molecule has 2 aromatic carbocycles. The highest BCUT2D eigenvalue weighted by molar-refractivity contribution is 6.30. The molecule has 1 heteroatoms. The van der Waals surface area contributed by atoms with Crippen LogP contribution in [-0.2, 0) is 32.1 Å². The second kappa shape index (κ2) is 6.80. The highest BCUT2D eigenvalue weighted by Gasteiger charge is 2.27. The summed E-state index contributed by atoms with van der Waals surface area (Å²) >= 11 is 6.17. The Morgan fingerprint density at radius 3 is 2.16 bits per heavy atom. The molecule has 2 aliphatic rings. The van der Waals surface area contributed by atoms with Gasteiger partial charge in [0.2, 0.25) is 0 Å². The van der Waals surface area contributed by atoms with Gasteiger partial charge in [-0.25, -0.2) is 0 Å². The number of fused-ring (bicyclic) bond motifs is 2. The maximum atomic E-state index is 6.17. The quantitative estimate of drug-likeness (QED) is 0.605. The van der Waals surface area contributed by atoms with Crippen molar-refractivity contribution in [1.29, 1.82) is 0 Å². The Kier molecular flexibility index (Phi) is 4.67. The monoisotopic (exact) mass is 352 g/mol. The predicted molar refractivity (Wildman–Crippen MR) is 107 cm³/mol. The average Bonchev–Trinajstić information content (AvgIpc) is 3.17. The van der Waals surface area contributed by atoms with Crippen LogP contribution in [-0.4, -0.2) is 0 Å². The molecule has 3 atom stereocenters. The summed E-state index contributed by atoms with van der Waals surface area (Å²) < 4.78 is 0. The van der Waals surface area contributed by atoms with E-state index in [9.17, 15) is 0 Å². The van der Waals surface area contributed by atoms with Crippen LogP contribution >= 0.6 is 11.6 Å². The topological polar surface area (TPSA) is 0 Å². The van der Waals surface area contributed by atoms with Crippen LogP contribution in [0.2, 0.25) is 5.02 Å². The van der Waals surface area contributed by atoms with Crippen molar-refractivity contribution in [2.45, 2.75) is 52.9 Å². The highest BCUT2D eigenvalue weighted by Crippen LogP contribution is 2.36. The SMILES string of the molecule is CC(C)C1Cc2ccc(CC(C)C3Cc4ccc(Cl)cc4C3)cc2C1. The summed E-state index contributed by atoms with van der Waals surface area (Å²) in [6.07, 6.45) is 6.17. The first-order valence-corrected chi connectivity index (χ1v) is 10.3. The molecule has 25 heavy (non-hydrogen) atoms. The normalized spacial score (nSPS) is 22.9. The summed E-state index contributed by atoms with van der Waals surface area (Å²) in [4.78, 5) is 0. The molecular weight excluding hydrogens is 324 g/mol.